The van der Waals surface area contributed by atoms with E-state index in [1.54, 1.807) is 6.07 Å². The summed E-state index contributed by atoms with van der Waals surface area (Å²) in [5, 5.41) is 0. The van der Waals surface area contributed by atoms with Crippen molar-refractivity contribution >= 4 is 5.91 Å². The van der Waals surface area contributed by atoms with Gasteiger partial charge in [0.25, 0.3) is 0 Å². The molecular formula is C22H27FN2O3. The number of benzene rings is 2. The molecule has 5 nitrogen and oxygen atoms in total. The third-order valence-electron chi connectivity index (χ3n) is 4.95. The van der Waals surface area contributed by atoms with Crippen molar-refractivity contribution < 1.29 is 18.7 Å². The Labute approximate surface area is 165 Å². The number of hydrogen-bond acceptors (Lipinski definition) is 4. The molecule has 6 heteroatoms. The number of halogens is 1. The summed E-state index contributed by atoms with van der Waals surface area (Å²) >= 11 is 0. The van der Waals surface area contributed by atoms with Crippen LogP contribution < -0.4 is 4.74 Å². The highest BCUT2D eigenvalue weighted by atomic mass is 19.1. The Morgan fingerprint density at radius 2 is 1.79 bits per heavy atom. The van der Waals surface area contributed by atoms with Gasteiger partial charge in [0.2, 0.25) is 5.91 Å². The van der Waals surface area contributed by atoms with Gasteiger partial charge in [-0.25, -0.2) is 4.39 Å². The summed E-state index contributed by atoms with van der Waals surface area (Å²) in [6, 6.07) is 15.1. The summed E-state index contributed by atoms with van der Waals surface area (Å²) in [4.78, 5) is 16.4. The van der Waals surface area contributed by atoms with Gasteiger partial charge in [0.15, 0.2) is 11.6 Å². The number of nitrogens with zero attached hydrogens (tertiary/aromatic N) is 2. The highest BCUT2D eigenvalue weighted by Gasteiger charge is 2.21. The third-order valence-corrected chi connectivity index (χ3v) is 4.95. The second-order valence-electron chi connectivity index (χ2n) is 6.91. The first-order valence-electron chi connectivity index (χ1n) is 9.60. The first-order valence-corrected chi connectivity index (χ1v) is 9.60. The highest BCUT2D eigenvalue weighted by Crippen LogP contribution is 2.19. The van der Waals surface area contributed by atoms with E-state index in [1.807, 2.05) is 29.2 Å². The van der Waals surface area contributed by atoms with E-state index in [1.165, 1.54) is 18.7 Å². The average Bonchev–Trinajstić information content (AvgIpc) is 2.72. The molecule has 0 N–H and O–H groups in total. The van der Waals surface area contributed by atoms with Crippen LogP contribution >= 0.6 is 0 Å². The summed E-state index contributed by atoms with van der Waals surface area (Å²) < 4.78 is 24.3. The van der Waals surface area contributed by atoms with Crippen LogP contribution in [0.15, 0.2) is 48.5 Å². The maximum Gasteiger partial charge on any atom is 0.248 e. The Kier molecular flexibility index (Phi) is 7.39. The maximum absolute atomic E-state index is 13.8. The van der Waals surface area contributed by atoms with Crippen LogP contribution in [0.1, 0.15) is 11.1 Å². The number of methoxy groups -OCH3 is 1. The number of piperazine rings is 1. The lowest BCUT2D eigenvalue weighted by Gasteiger charge is -2.34. The van der Waals surface area contributed by atoms with Gasteiger partial charge in [0, 0.05) is 32.7 Å². The molecule has 1 amide bonds. The molecule has 0 unspecified atom stereocenters. The molecule has 1 heterocycles. The summed E-state index contributed by atoms with van der Waals surface area (Å²) in [7, 11) is 1.46. The van der Waals surface area contributed by atoms with Crippen molar-refractivity contribution in [3.63, 3.8) is 0 Å². The molecule has 3 rings (SSSR count). The minimum Gasteiger partial charge on any atom is -0.494 e. The number of amides is 1. The van der Waals surface area contributed by atoms with Crippen molar-refractivity contribution in [3.8, 4) is 5.75 Å². The van der Waals surface area contributed by atoms with Crippen LogP contribution in [-0.4, -0.2) is 62.2 Å². The number of ether oxygens (including phenoxy) is 2. The second kappa shape index (κ2) is 10.2. The summed E-state index contributed by atoms with van der Waals surface area (Å²) in [6.45, 7) is 4.19. The fourth-order valence-electron chi connectivity index (χ4n) is 3.31. The zero-order valence-electron chi connectivity index (χ0n) is 16.3. The van der Waals surface area contributed by atoms with E-state index < -0.39 is 0 Å². The van der Waals surface area contributed by atoms with Crippen LogP contribution in [0.2, 0.25) is 0 Å². The Morgan fingerprint density at radius 3 is 2.46 bits per heavy atom. The standard InChI is InChI=1S/C22H27FN2O3/c1-27-21-8-7-19(15-20(21)23)16-24-10-12-25(13-11-24)22(26)17-28-14-9-18-5-3-2-4-6-18/h2-8,15H,9-14,16-17H2,1H3. The molecule has 2 aromatic rings. The van der Waals surface area contributed by atoms with E-state index in [4.69, 9.17) is 9.47 Å². The Morgan fingerprint density at radius 1 is 1.04 bits per heavy atom. The molecule has 0 aliphatic carbocycles. The van der Waals surface area contributed by atoms with Gasteiger partial charge in [-0.15, -0.1) is 0 Å². The molecule has 0 radical (unpaired) electrons. The molecule has 0 atom stereocenters. The van der Waals surface area contributed by atoms with Gasteiger partial charge in [-0.2, -0.15) is 0 Å². The molecule has 28 heavy (non-hydrogen) atoms. The first-order chi connectivity index (χ1) is 13.7. The average molecular weight is 386 g/mol. The lowest BCUT2D eigenvalue weighted by molar-refractivity contribution is -0.137. The number of carbonyl (C=O) groups excluding carboxylic acids is 1. The normalized spacial score (nSPS) is 14.9. The first kappa shape index (κ1) is 20.3. The van der Waals surface area contributed by atoms with Gasteiger partial charge in [-0.1, -0.05) is 36.4 Å². The van der Waals surface area contributed by atoms with Gasteiger partial charge in [-0.05, 0) is 29.7 Å². The zero-order valence-corrected chi connectivity index (χ0v) is 16.3. The molecule has 1 fully saturated rings. The topological polar surface area (TPSA) is 42.0 Å². The van der Waals surface area contributed by atoms with E-state index in [0.29, 0.717) is 26.2 Å². The van der Waals surface area contributed by atoms with E-state index in [0.717, 1.165) is 25.1 Å². The number of rotatable bonds is 8. The zero-order chi connectivity index (χ0) is 19.8. The lowest BCUT2D eigenvalue weighted by atomic mass is 10.2. The van der Waals surface area contributed by atoms with Crippen LogP contribution in [0.3, 0.4) is 0 Å². The predicted octanol–water partition coefficient (Wildman–Crippen LogP) is 2.74. The lowest BCUT2D eigenvalue weighted by Crippen LogP contribution is -2.49. The Balaban J connectivity index is 1.36. The Bertz CT molecular complexity index is 762. The van der Waals surface area contributed by atoms with E-state index in [-0.39, 0.29) is 24.1 Å². The third kappa shape index (κ3) is 5.78. The van der Waals surface area contributed by atoms with Gasteiger partial charge in [0.05, 0.1) is 13.7 Å². The fourth-order valence-corrected chi connectivity index (χ4v) is 3.31. The summed E-state index contributed by atoms with van der Waals surface area (Å²) in [6.07, 6.45) is 0.806. The van der Waals surface area contributed by atoms with Crippen molar-refractivity contribution in [3.05, 3.63) is 65.5 Å². The summed E-state index contributed by atoms with van der Waals surface area (Å²) in [5.41, 5.74) is 2.11. The predicted molar refractivity (Wildman–Crippen MR) is 106 cm³/mol. The SMILES string of the molecule is COc1ccc(CN2CCN(C(=O)COCCc3ccccc3)CC2)cc1F. The van der Waals surface area contributed by atoms with E-state index >= 15 is 0 Å². The van der Waals surface area contributed by atoms with Crippen LogP contribution in [0.25, 0.3) is 0 Å². The monoisotopic (exact) mass is 386 g/mol. The van der Waals surface area contributed by atoms with Crippen LogP contribution in [-0.2, 0) is 22.5 Å². The van der Waals surface area contributed by atoms with Gasteiger partial charge < -0.3 is 14.4 Å². The molecule has 0 saturated carbocycles. The van der Waals surface area contributed by atoms with Crippen molar-refractivity contribution in [2.45, 2.75) is 13.0 Å². The second-order valence-corrected chi connectivity index (χ2v) is 6.91. The maximum atomic E-state index is 13.8. The fraction of sp³-hybridized carbons (Fsp3) is 0.409. The highest BCUT2D eigenvalue weighted by molar-refractivity contribution is 5.77. The smallest absolute Gasteiger partial charge is 0.248 e. The number of carbonyl (C=O) groups is 1. The molecule has 1 aliphatic rings. The largest absolute Gasteiger partial charge is 0.494 e. The van der Waals surface area contributed by atoms with Crippen LogP contribution in [0.4, 0.5) is 4.39 Å². The van der Waals surface area contributed by atoms with Crippen molar-refractivity contribution in [2.75, 3.05) is 46.5 Å². The van der Waals surface area contributed by atoms with Crippen LogP contribution in [0.5, 0.6) is 5.75 Å². The van der Waals surface area contributed by atoms with Gasteiger partial charge >= 0.3 is 0 Å². The van der Waals surface area contributed by atoms with Crippen molar-refractivity contribution in [1.29, 1.82) is 0 Å². The minimum atomic E-state index is -0.346. The van der Waals surface area contributed by atoms with E-state index in [9.17, 15) is 9.18 Å². The van der Waals surface area contributed by atoms with Gasteiger partial charge in [-0.3, -0.25) is 9.69 Å². The molecular weight excluding hydrogens is 359 g/mol. The molecule has 2 aromatic carbocycles. The molecule has 0 aromatic heterocycles. The number of hydrogen-bond donors (Lipinski definition) is 0. The summed E-state index contributed by atoms with van der Waals surface area (Å²) in [5.74, 6) is -0.0592. The van der Waals surface area contributed by atoms with Crippen molar-refractivity contribution in [1.82, 2.24) is 9.80 Å². The minimum absolute atomic E-state index is 0.0307. The molecule has 0 bridgehead atoms. The molecule has 150 valence electrons. The van der Waals surface area contributed by atoms with Gasteiger partial charge in [0.1, 0.15) is 6.61 Å². The molecule has 0 spiro atoms. The Hall–Kier alpha value is -2.44. The molecule has 1 saturated heterocycles. The van der Waals surface area contributed by atoms with E-state index in [2.05, 4.69) is 17.0 Å². The molecule has 1 aliphatic heterocycles. The van der Waals surface area contributed by atoms with Crippen LogP contribution in [0, 0.1) is 5.82 Å². The van der Waals surface area contributed by atoms with Crippen molar-refractivity contribution in [2.24, 2.45) is 0 Å². The quantitative estimate of drug-likeness (QED) is 0.655.